The van der Waals surface area contributed by atoms with Crippen molar-refractivity contribution in [2.24, 2.45) is 5.92 Å². The molecule has 3 aromatic rings. The molecule has 1 aromatic carbocycles. The number of piperidine rings is 1. The van der Waals surface area contributed by atoms with E-state index in [4.69, 9.17) is 0 Å². The topological polar surface area (TPSA) is 57.0 Å². The summed E-state index contributed by atoms with van der Waals surface area (Å²) in [5, 5.41) is 8.76. The fraction of sp³-hybridized carbons (Fsp3) is 0.435. The average molecular weight is 405 g/mol. The Morgan fingerprint density at radius 2 is 1.70 bits per heavy atom. The first-order chi connectivity index (χ1) is 14.7. The van der Waals surface area contributed by atoms with E-state index in [1.54, 1.807) is 0 Å². The number of hydrogen-bond acceptors (Lipinski definition) is 5. The van der Waals surface area contributed by atoms with Crippen molar-refractivity contribution in [1.82, 2.24) is 19.5 Å². The van der Waals surface area contributed by atoms with Crippen molar-refractivity contribution in [2.45, 2.75) is 19.8 Å². The predicted octanol–water partition coefficient (Wildman–Crippen LogP) is 2.60. The van der Waals surface area contributed by atoms with Gasteiger partial charge in [-0.2, -0.15) is 0 Å². The second kappa shape index (κ2) is 7.97. The number of aryl methyl sites for hydroxylation is 1. The second-order valence-corrected chi connectivity index (χ2v) is 8.29. The number of anilines is 2. The zero-order valence-electron chi connectivity index (χ0n) is 17.4. The van der Waals surface area contributed by atoms with Crippen molar-refractivity contribution in [3.63, 3.8) is 0 Å². The van der Waals surface area contributed by atoms with E-state index >= 15 is 0 Å². The van der Waals surface area contributed by atoms with Gasteiger partial charge < -0.3 is 14.7 Å². The van der Waals surface area contributed by atoms with Crippen LogP contribution in [0, 0.1) is 12.8 Å². The van der Waals surface area contributed by atoms with Gasteiger partial charge in [-0.3, -0.25) is 9.20 Å². The maximum absolute atomic E-state index is 13.3. The van der Waals surface area contributed by atoms with Gasteiger partial charge in [0.25, 0.3) is 0 Å². The number of aromatic nitrogens is 3. The smallest absolute Gasteiger partial charge is 0.231 e. The molecule has 0 unspecified atom stereocenters. The number of fused-ring (bicyclic) bond motifs is 1. The maximum Gasteiger partial charge on any atom is 0.231 e. The zero-order valence-corrected chi connectivity index (χ0v) is 17.4. The first-order valence-corrected chi connectivity index (χ1v) is 10.9. The average Bonchev–Trinajstić information content (AvgIpc) is 3.25. The van der Waals surface area contributed by atoms with Crippen LogP contribution in [0.5, 0.6) is 0 Å². The van der Waals surface area contributed by atoms with E-state index in [2.05, 4.69) is 66.6 Å². The summed E-state index contributed by atoms with van der Waals surface area (Å²) in [5.74, 6) is 1.17. The Kier molecular flexibility index (Phi) is 5.02. The van der Waals surface area contributed by atoms with Crippen LogP contribution in [0.3, 0.4) is 0 Å². The Morgan fingerprint density at radius 3 is 2.50 bits per heavy atom. The summed E-state index contributed by atoms with van der Waals surface area (Å²) < 4.78 is 2.09. The predicted molar refractivity (Wildman–Crippen MR) is 118 cm³/mol. The van der Waals surface area contributed by atoms with Gasteiger partial charge in [0.2, 0.25) is 11.9 Å². The second-order valence-electron chi connectivity index (χ2n) is 8.29. The van der Waals surface area contributed by atoms with Crippen LogP contribution in [0.2, 0.25) is 0 Å². The van der Waals surface area contributed by atoms with Crippen LogP contribution in [-0.4, -0.2) is 64.7 Å². The minimum absolute atomic E-state index is 0.0263. The fourth-order valence-electron chi connectivity index (χ4n) is 4.73. The Morgan fingerprint density at radius 1 is 0.900 bits per heavy atom. The van der Waals surface area contributed by atoms with Gasteiger partial charge in [0.1, 0.15) is 0 Å². The summed E-state index contributed by atoms with van der Waals surface area (Å²) in [6.45, 7) is 7.06. The third kappa shape index (κ3) is 3.49. The molecule has 2 saturated heterocycles. The summed E-state index contributed by atoms with van der Waals surface area (Å²) in [6, 6.07) is 16.5. The number of benzene rings is 1. The zero-order chi connectivity index (χ0) is 20.5. The molecule has 2 aromatic heterocycles. The van der Waals surface area contributed by atoms with Crippen LogP contribution in [0.4, 0.5) is 11.6 Å². The van der Waals surface area contributed by atoms with Crippen molar-refractivity contribution >= 4 is 23.2 Å². The molecule has 0 radical (unpaired) electrons. The number of nitrogens with zero attached hydrogens (tertiary/aromatic N) is 6. The lowest BCUT2D eigenvalue weighted by molar-refractivity contribution is -0.136. The number of para-hydroxylation sites is 1. The number of pyridine rings is 1. The molecular formula is C23H28N6O. The van der Waals surface area contributed by atoms with Gasteiger partial charge in [-0.1, -0.05) is 24.3 Å². The highest BCUT2D eigenvalue weighted by Crippen LogP contribution is 2.25. The molecule has 2 fully saturated rings. The molecule has 2 aliphatic heterocycles. The molecule has 0 aliphatic carbocycles. The summed E-state index contributed by atoms with van der Waals surface area (Å²) in [4.78, 5) is 19.9. The van der Waals surface area contributed by atoms with Crippen LogP contribution in [0.15, 0.2) is 48.5 Å². The van der Waals surface area contributed by atoms with Crippen molar-refractivity contribution < 1.29 is 4.79 Å². The Bertz CT molecular complexity index is 1020. The van der Waals surface area contributed by atoms with E-state index in [0.717, 1.165) is 62.9 Å². The standard InChI is InChI=1S/C23H28N6O/c1-18-7-5-11-21-24-25-23(29(18)21)28-12-6-8-19(17-28)22(30)27-15-13-26(14-16-27)20-9-3-2-4-10-20/h2-5,7,9-11,19H,6,8,12-17H2,1H3/t19-/m0/s1. The van der Waals surface area contributed by atoms with Crippen LogP contribution in [0.25, 0.3) is 5.65 Å². The number of piperazine rings is 1. The minimum atomic E-state index is 0.0263. The van der Waals surface area contributed by atoms with Gasteiger partial charge in [0.15, 0.2) is 5.65 Å². The molecule has 7 heteroatoms. The maximum atomic E-state index is 13.3. The monoisotopic (exact) mass is 404 g/mol. The minimum Gasteiger partial charge on any atom is -0.368 e. The molecule has 5 rings (SSSR count). The summed E-state index contributed by atoms with van der Waals surface area (Å²) >= 11 is 0. The molecule has 4 heterocycles. The number of rotatable bonds is 3. The fourth-order valence-corrected chi connectivity index (χ4v) is 4.73. The Labute approximate surface area is 176 Å². The molecule has 1 atom stereocenters. The molecule has 156 valence electrons. The van der Waals surface area contributed by atoms with Crippen molar-refractivity contribution in [2.75, 3.05) is 49.1 Å². The first-order valence-electron chi connectivity index (χ1n) is 10.9. The highest BCUT2D eigenvalue weighted by atomic mass is 16.2. The lowest BCUT2D eigenvalue weighted by atomic mass is 9.96. The van der Waals surface area contributed by atoms with Crippen molar-refractivity contribution in [3.8, 4) is 0 Å². The summed E-state index contributed by atoms with van der Waals surface area (Å²) in [5.41, 5.74) is 3.20. The highest BCUT2D eigenvalue weighted by molar-refractivity contribution is 5.80. The number of hydrogen-bond donors (Lipinski definition) is 0. The van der Waals surface area contributed by atoms with E-state index in [1.807, 2.05) is 18.2 Å². The molecule has 0 spiro atoms. The lowest BCUT2D eigenvalue weighted by Gasteiger charge is -2.39. The number of amides is 1. The molecular weight excluding hydrogens is 376 g/mol. The highest BCUT2D eigenvalue weighted by Gasteiger charge is 2.32. The molecule has 0 saturated carbocycles. The summed E-state index contributed by atoms with van der Waals surface area (Å²) in [7, 11) is 0. The number of carbonyl (C=O) groups excluding carboxylic acids is 1. The van der Waals surface area contributed by atoms with Gasteiger partial charge in [-0.25, -0.2) is 0 Å². The van der Waals surface area contributed by atoms with Gasteiger partial charge >= 0.3 is 0 Å². The van der Waals surface area contributed by atoms with Crippen LogP contribution < -0.4 is 9.80 Å². The number of carbonyl (C=O) groups is 1. The first kappa shape index (κ1) is 18.9. The van der Waals surface area contributed by atoms with Crippen LogP contribution in [-0.2, 0) is 4.79 Å². The van der Waals surface area contributed by atoms with Crippen molar-refractivity contribution in [1.29, 1.82) is 0 Å². The van der Waals surface area contributed by atoms with Crippen LogP contribution >= 0.6 is 0 Å². The normalized spacial score (nSPS) is 20.0. The molecule has 1 amide bonds. The van der Waals surface area contributed by atoms with E-state index < -0.39 is 0 Å². The lowest BCUT2D eigenvalue weighted by Crippen LogP contribution is -2.52. The van der Waals surface area contributed by atoms with E-state index in [9.17, 15) is 4.79 Å². The summed E-state index contributed by atoms with van der Waals surface area (Å²) in [6.07, 6.45) is 1.95. The molecule has 0 bridgehead atoms. The van der Waals surface area contributed by atoms with E-state index in [-0.39, 0.29) is 11.8 Å². The van der Waals surface area contributed by atoms with Gasteiger partial charge in [0.05, 0.1) is 5.92 Å². The van der Waals surface area contributed by atoms with Crippen LogP contribution in [0.1, 0.15) is 18.5 Å². The van der Waals surface area contributed by atoms with Gasteiger partial charge in [-0.05, 0) is 44.0 Å². The Balaban J connectivity index is 1.25. The van der Waals surface area contributed by atoms with Gasteiger partial charge in [0, 0.05) is 50.6 Å². The largest absolute Gasteiger partial charge is 0.368 e. The third-order valence-electron chi connectivity index (χ3n) is 6.37. The van der Waals surface area contributed by atoms with Gasteiger partial charge in [-0.15, -0.1) is 10.2 Å². The molecule has 0 N–H and O–H groups in total. The molecule has 2 aliphatic rings. The SMILES string of the molecule is Cc1cccc2nnc(N3CCC[C@H](C(=O)N4CCN(c5ccccc5)CC4)C3)n12. The Hall–Kier alpha value is -3.09. The van der Waals surface area contributed by atoms with E-state index in [1.165, 1.54) is 5.69 Å². The van der Waals surface area contributed by atoms with E-state index in [0.29, 0.717) is 6.54 Å². The third-order valence-corrected chi connectivity index (χ3v) is 6.37. The molecule has 30 heavy (non-hydrogen) atoms. The quantitative estimate of drug-likeness (QED) is 0.672. The molecule has 7 nitrogen and oxygen atoms in total. The van der Waals surface area contributed by atoms with Crippen molar-refractivity contribution in [3.05, 3.63) is 54.2 Å².